The van der Waals surface area contributed by atoms with Crippen molar-refractivity contribution in [2.45, 2.75) is 20.4 Å². The van der Waals surface area contributed by atoms with Crippen LogP contribution in [-0.2, 0) is 6.54 Å². The van der Waals surface area contributed by atoms with Crippen molar-refractivity contribution in [2.75, 3.05) is 5.32 Å². The van der Waals surface area contributed by atoms with E-state index in [9.17, 15) is 4.39 Å². The average molecular weight is 299 g/mol. The van der Waals surface area contributed by atoms with Crippen LogP contribution in [0.3, 0.4) is 0 Å². The van der Waals surface area contributed by atoms with E-state index in [2.05, 4.69) is 26.2 Å². The van der Waals surface area contributed by atoms with Crippen molar-refractivity contribution in [3.8, 4) is 0 Å². The van der Waals surface area contributed by atoms with Crippen LogP contribution in [0.4, 0.5) is 10.1 Å². The number of aryl methyl sites for hydroxylation is 2. The number of aromatic nitrogens is 1. The van der Waals surface area contributed by atoms with Crippen molar-refractivity contribution in [2.24, 2.45) is 0 Å². The zero-order chi connectivity index (χ0) is 12.4. The molecule has 1 heterocycles. The number of nitrogens with zero attached hydrogens (tertiary/aromatic N) is 1. The fraction of sp³-hybridized carbons (Fsp3) is 0.250. The van der Waals surface area contributed by atoms with Gasteiger partial charge < -0.3 is 9.73 Å². The molecule has 5 heteroatoms. The molecule has 0 aliphatic carbocycles. The van der Waals surface area contributed by atoms with Crippen molar-refractivity contribution in [1.29, 1.82) is 0 Å². The summed E-state index contributed by atoms with van der Waals surface area (Å²) in [6.07, 6.45) is 0. The Morgan fingerprint density at radius 1 is 1.41 bits per heavy atom. The highest BCUT2D eigenvalue weighted by Gasteiger charge is 2.07. The standard InChI is InChI=1S/C12H12BrFN2O/c1-7-8(2)17-12(16-7)6-15-11-4-3-9(13)5-10(11)14/h3-5,15H,6H2,1-2H3. The lowest BCUT2D eigenvalue weighted by molar-refractivity contribution is 0.478. The fourth-order valence-corrected chi connectivity index (χ4v) is 1.75. The lowest BCUT2D eigenvalue weighted by Gasteiger charge is -2.05. The summed E-state index contributed by atoms with van der Waals surface area (Å²) in [6.45, 7) is 4.10. The van der Waals surface area contributed by atoms with Gasteiger partial charge in [-0.3, -0.25) is 0 Å². The molecule has 0 saturated carbocycles. The van der Waals surface area contributed by atoms with Gasteiger partial charge in [-0.05, 0) is 32.0 Å². The van der Waals surface area contributed by atoms with E-state index < -0.39 is 0 Å². The van der Waals surface area contributed by atoms with Gasteiger partial charge in [0.15, 0.2) is 0 Å². The molecule has 0 aliphatic rings. The molecular weight excluding hydrogens is 287 g/mol. The number of oxazole rings is 1. The molecular formula is C12H12BrFN2O. The normalized spacial score (nSPS) is 10.6. The minimum Gasteiger partial charge on any atom is -0.444 e. The highest BCUT2D eigenvalue weighted by Crippen LogP contribution is 2.20. The largest absolute Gasteiger partial charge is 0.444 e. The number of rotatable bonds is 3. The molecule has 0 atom stereocenters. The molecule has 2 rings (SSSR count). The molecule has 1 N–H and O–H groups in total. The summed E-state index contributed by atoms with van der Waals surface area (Å²) >= 11 is 3.21. The summed E-state index contributed by atoms with van der Waals surface area (Å²) in [5.41, 5.74) is 1.29. The molecule has 90 valence electrons. The maximum Gasteiger partial charge on any atom is 0.213 e. The van der Waals surface area contributed by atoms with Gasteiger partial charge in [0.1, 0.15) is 11.6 Å². The van der Waals surface area contributed by atoms with Crippen LogP contribution in [0, 0.1) is 19.7 Å². The molecule has 0 saturated heterocycles. The first-order valence-electron chi connectivity index (χ1n) is 5.18. The van der Waals surface area contributed by atoms with E-state index in [0.717, 1.165) is 11.5 Å². The maximum absolute atomic E-state index is 13.5. The molecule has 1 aromatic carbocycles. The van der Waals surface area contributed by atoms with Crippen LogP contribution >= 0.6 is 15.9 Å². The van der Waals surface area contributed by atoms with Gasteiger partial charge in [-0.2, -0.15) is 0 Å². The van der Waals surface area contributed by atoms with Crippen LogP contribution in [0.15, 0.2) is 27.1 Å². The third kappa shape index (κ3) is 2.85. The fourth-order valence-electron chi connectivity index (χ4n) is 1.42. The van der Waals surface area contributed by atoms with E-state index in [1.807, 2.05) is 13.8 Å². The summed E-state index contributed by atoms with van der Waals surface area (Å²) in [7, 11) is 0. The average Bonchev–Trinajstić information content (AvgIpc) is 2.57. The number of anilines is 1. The van der Waals surface area contributed by atoms with Gasteiger partial charge in [-0.1, -0.05) is 15.9 Å². The predicted octanol–water partition coefficient (Wildman–Crippen LogP) is 3.81. The SMILES string of the molecule is Cc1nc(CNc2ccc(Br)cc2F)oc1C. The van der Waals surface area contributed by atoms with Gasteiger partial charge in [-0.25, -0.2) is 9.37 Å². The Morgan fingerprint density at radius 2 is 2.18 bits per heavy atom. The number of hydrogen-bond donors (Lipinski definition) is 1. The van der Waals surface area contributed by atoms with Crippen LogP contribution in [0.1, 0.15) is 17.3 Å². The van der Waals surface area contributed by atoms with E-state index in [0.29, 0.717) is 22.6 Å². The molecule has 0 spiro atoms. The Hall–Kier alpha value is -1.36. The van der Waals surface area contributed by atoms with Crippen molar-refractivity contribution in [3.05, 3.63) is 45.8 Å². The minimum absolute atomic E-state index is 0.306. The zero-order valence-corrected chi connectivity index (χ0v) is 11.1. The predicted molar refractivity (Wildman–Crippen MR) is 67.4 cm³/mol. The summed E-state index contributed by atoms with van der Waals surface area (Å²) in [4.78, 5) is 4.21. The highest BCUT2D eigenvalue weighted by atomic mass is 79.9. The van der Waals surface area contributed by atoms with Crippen LogP contribution < -0.4 is 5.32 Å². The van der Waals surface area contributed by atoms with Crippen LogP contribution in [0.5, 0.6) is 0 Å². The van der Waals surface area contributed by atoms with Gasteiger partial charge in [0.2, 0.25) is 5.89 Å². The number of halogens is 2. The van der Waals surface area contributed by atoms with Crippen LogP contribution in [0.25, 0.3) is 0 Å². The van der Waals surface area contributed by atoms with Gasteiger partial charge in [0.25, 0.3) is 0 Å². The lowest BCUT2D eigenvalue weighted by atomic mass is 10.3. The van der Waals surface area contributed by atoms with E-state index in [1.54, 1.807) is 12.1 Å². The lowest BCUT2D eigenvalue weighted by Crippen LogP contribution is -2.01. The van der Waals surface area contributed by atoms with Crippen LogP contribution in [0.2, 0.25) is 0 Å². The molecule has 0 amide bonds. The summed E-state index contributed by atoms with van der Waals surface area (Å²) < 4.78 is 19.6. The minimum atomic E-state index is -0.306. The van der Waals surface area contributed by atoms with E-state index >= 15 is 0 Å². The van der Waals surface area contributed by atoms with Crippen molar-refractivity contribution in [1.82, 2.24) is 4.98 Å². The Morgan fingerprint density at radius 3 is 2.76 bits per heavy atom. The second-order valence-electron chi connectivity index (χ2n) is 3.73. The molecule has 3 nitrogen and oxygen atoms in total. The van der Waals surface area contributed by atoms with Gasteiger partial charge in [-0.15, -0.1) is 0 Å². The number of nitrogens with one attached hydrogen (secondary N) is 1. The Labute approximate surface area is 107 Å². The Balaban J connectivity index is 2.07. The highest BCUT2D eigenvalue weighted by molar-refractivity contribution is 9.10. The zero-order valence-electron chi connectivity index (χ0n) is 9.55. The first-order valence-corrected chi connectivity index (χ1v) is 5.97. The van der Waals surface area contributed by atoms with Gasteiger partial charge >= 0.3 is 0 Å². The molecule has 0 radical (unpaired) electrons. The molecule has 0 unspecified atom stereocenters. The molecule has 0 bridgehead atoms. The Kier molecular flexibility index (Phi) is 3.47. The van der Waals surface area contributed by atoms with E-state index in [4.69, 9.17) is 4.42 Å². The van der Waals surface area contributed by atoms with Crippen LogP contribution in [-0.4, -0.2) is 4.98 Å². The van der Waals surface area contributed by atoms with Gasteiger partial charge in [0, 0.05) is 4.47 Å². The molecule has 17 heavy (non-hydrogen) atoms. The topological polar surface area (TPSA) is 38.1 Å². The Bertz CT molecular complexity index is 520. The molecule has 2 aromatic rings. The maximum atomic E-state index is 13.5. The first kappa shape index (κ1) is 12.1. The van der Waals surface area contributed by atoms with Gasteiger partial charge in [0.05, 0.1) is 17.9 Å². The van der Waals surface area contributed by atoms with Crippen molar-refractivity contribution < 1.29 is 8.81 Å². The monoisotopic (exact) mass is 298 g/mol. The molecule has 0 aliphatic heterocycles. The summed E-state index contributed by atoms with van der Waals surface area (Å²) in [6, 6.07) is 4.86. The second kappa shape index (κ2) is 4.87. The van der Waals surface area contributed by atoms with Crippen molar-refractivity contribution >= 4 is 21.6 Å². The van der Waals surface area contributed by atoms with E-state index in [-0.39, 0.29) is 5.82 Å². The van der Waals surface area contributed by atoms with Crippen molar-refractivity contribution in [3.63, 3.8) is 0 Å². The molecule has 1 aromatic heterocycles. The summed E-state index contributed by atoms with van der Waals surface area (Å²) in [5.74, 6) is 1.04. The number of benzene rings is 1. The second-order valence-corrected chi connectivity index (χ2v) is 4.64. The number of hydrogen-bond acceptors (Lipinski definition) is 3. The van der Waals surface area contributed by atoms with E-state index in [1.165, 1.54) is 6.07 Å². The molecule has 0 fully saturated rings. The quantitative estimate of drug-likeness (QED) is 0.936. The first-order chi connectivity index (χ1) is 8.06. The summed E-state index contributed by atoms with van der Waals surface area (Å²) in [5, 5.41) is 2.94. The third-order valence-electron chi connectivity index (χ3n) is 2.43. The smallest absolute Gasteiger partial charge is 0.213 e. The third-order valence-corrected chi connectivity index (χ3v) is 2.93.